The van der Waals surface area contributed by atoms with Crippen molar-refractivity contribution in [2.45, 2.75) is 26.3 Å². The topological polar surface area (TPSA) is 84.1 Å². The van der Waals surface area contributed by atoms with Crippen molar-refractivity contribution in [1.82, 2.24) is 9.97 Å². The summed E-state index contributed by atoms with van der Waals surface area (Å²) in [7, 11) is 0. The minimum absolute atomic E-state index is 0.0975. The lowest BCUT2D eigenvalue weighted by Gasteiger charge is -2.01. The van der Waals surface area contributed by atoms with Crippen LogP contribution >= 0.6 is 0 Å². The molecule has 0 amide bonds. The van der Waals surface area contributed by atoms with Gasteiger partial charge in [0.15, 0.2) is 0 Å². The summed E-state index contributed by atoms with van der Waals surface area (Å²) in [5.74, 6) is 0. The Morgan fingerprint density at radius 2 is 2.40 bits per heavy atom. The van der Waals surface area contributed by atoms with Gasteiger partial charge < -0.3 is 5.73 Å². The molecule has 0 aromatic carbocycles. The van der Waals surface area contributed by atoms with Gasteiger partial charge in [0.1, 0.15) is 5.69 Å². The zero-order chi connectivity index (χ0) is 11.4. The minimum Gasteiger partial charge on any atom is -0.323 e. The van der Waals surface area contributed by atoms with E-state index < -0.39 is 11.6 Å². The lowest BCUT2D eigenvalue weighted by molar-refractivity contribution is 0.531. The second-order valence-electron chi connectivity index (χ2n) is 3.14. The summed E-state index contributed by atoms with van der Waals surface area (Å²) in [5.41, 5.74) is 5.34. The Balaban J connectivity index is 3.05. The Morgan fingerprint density at radius 1 is 1.73 bits per heavy atom. The molecular formula is C9H13FN4O. The molecular weight excluding hydrogens is 199 g/mol. The van der Waals surface area contributed by atoms with Crippen molar-refractivity contribution in [1.29, 1.82) is 0 Å². The normalized spacial score (nSPS) is 13.3. The molecule has 1 unspecified atom stereocenters. The van der Waals surface area contributed by atoms with Crippen molar-refractivity contribution in [2.75, 3.05) is 0 Å². The Bertz CT molecular complexity index is 427. The Morgan fingerprint density at radius 3 is 2.93 bits per heavy atom. The summed E-state index contributed by atoms with van der Waals surface area (Å²) >= 11 is 0. The number of H-pyrrole nitrogens is 1. The maximum atomic E-state index is 12.6. The molecule has 3 N–H and O–H groups in total. The second-order valence-corrected chi connectivity index (χ2v) is 3.14. The van der Waals surface area contributed by atoms with Crippen LogP contribution in [0.25, 0.3) is 0 Å². The smallest absolute Gasteiger partial charge is 0.289 e. The van der Waals surface area contributed by atoms with Crippen molar-refractivity contribution in [3.05, 3.63) is 22.1 Å². The predicted octanol–water partition coefficient (Wildman–Crippen LogP) is 0.657. The Labute approximate surface area is 86.3 Å². The summed E-state index contributed by atoms with van der Waals surface area (Å²) in [6.07, 6.45) is 1.27. The molecule has 82 valence electrons. The van der Waals surface area contributed by atoms with Gasteiger partial charge in [0.2, 0.25) is 0 Å². The van der Waals surface area contributed by atoms with Gasteiger partial charge in [-0.1, -0.05) is 6.92 Å². The number of rotatable bonds is 3. The molecule has 0 saturated carbocycles. The highest BCUT2D eigenvalue weighted by Crippen LogP contribution is 2.08. The van der Waals surface area contributed by atoms with Crippen molar-refractivity contribution < 1.29 is 4.39 Å². The van der Waals surface area contributed by atoms with Gasteiger partial charge in [-0.2, -0.15) is 4.39 Å². The first kappa shape index (κ1) is 11.5. The fourth-order valence-electron chi connectivity index (χ4n) is 0.973. The molecule has 0 aliphatic carbocycles. The molecule has 0 saturated heterocycles. The Hall–Kier alpha value is -1.56. The lowest BCUT2D eigenvalue weighted by Crippen LogP contribution is -2.20. The van der Waals surface area contributed by atoms with Crippen LogP contribution in [0.5, 0.6) is 0 Å². The van der Waals surface area contributed by atoms with Crippen molar-refractivity contribution in [2.24, 2.45) is 10.7 Å². The van der Waals surface area contributed by atoms with Crippen molar-refractivity contribution >= 4 is 11.9 Å². The first-order valence-electron chi connectivity index (χ1n) is 4.60. The van der Waals surface area contributed by atoms with Crippen molar-refractivity contribution in [3.8, 4) is 0 Å². The van der Waals surface area contributed by atoms with Gasteiger partial charge in [-0.3, -0.25) is 14.8 Å². The maximum Gasteiger partial charge on any atom is 0.289 e. The van der Waals surface area contributed by atoms with Crippen LogP contribution in [0.1, 0.15) is 19.0 Å². The van der Waals surface area contributed by atoms with Gasteiger partial charge >= 0.3 is 0 Å². The second kappa shape index (κ2) is 4.79. The molecule has 1 aromatic heterocycles. The van der Waals surface area contributed by atoms with Crippen LogP contribution in [0.15, 0.2) is 9.79 Å². The van der Waals surface area contributed by atoms with E-state index in [0.717, 1.165) is 6.42 Å². The summed E-state index contributed by atoms with van der Waals surface area (Å²) in [6.45, 7) is 3.42. The molecule has 1 aromatic rings. The molecule has 1 heterocycles. The number of aliphatic imine (C=N–C) groups is 1. The summed E-state index contributed by atoms with van der Waals surface area (Å²) in [6, 6.07) is -0.214. The van der Waals surface area contributed by atoms with E-state index in [2.05, 4.69) is 9.98 Å². The minimum atomic E-state index is -0.906. The zero-order valence-corrected chi connectivity index (χ0v) is 8.62. The van der Waals surface area contributed by atoms with E-state index in [4.69, 9.17) is 5.73 Å². The molecule has 0 aliphatic rings. The van der Waals surface area contributed by atoms with E-state index in [-0.39, 0.29) is 17.4 Å². The van der Waals surface area contributed by atoms with Crippen LogP contribution in [0.2, 0.25) is 0 Å². The number of nitrogens with zero attached hydrogens (tertiary/aromatic N) is 2. The van der Waals surface area contributed by atoms with Gasteiger partial charge in [0, 0.05) is 12.3 Å². The first-order valence-corrected chi connectivity index (χ1v) is 4.60. The van der Waals surface area contributed by atoms with Gasteiger partial charge in [0.25, 0.3) is 11.6 Å². The van der Waals surface area contributed by atoms with Crippen LogP contribution < -0.4 is 11.3 Å². The van der Waals surface area contributed by atoms with Crippen molar-refractivity contribution in [3.63, 3.8) is 0 Å². The molecule has 5 nitrogen and oxygen atoms in total. The largest absolute Gasteiger partial charge is 0.323 e. The van der Waals surface area contributed by atoms with Gasteiger partial charge in [-0.05, 0) is 13.3 Å². The van der Waals surface area contributed by atoms with Crippen LogP contribution in [-0.2, 0) is 0 Å². The quantitative estimate of drug-likeness (QED) is 0.570. The number of hydrogen-bond acceptors (Lipinski definition) is 4. The molecule has 0 bridgehead atoms. The number of nitrogens with one attached hydrogen (secondary N) is 1. The molecule has 0 radical (unpaired) electrons. The highest BCUT2D eigenvalue weighted by Gasteiger charge is 2.06. The number of nitrogens with two attached hydrogens (primary N) is 1. The lowest BCUT2D eigenvalue weighted by atomic mass is 10.3. The molecule has 1 rings (SSSR count). The fourth-order valence-corrected chi connectivity index (χ4v) is 0.973. The molecule has 1 atom stereocenters. The van der Waals surface area contributed by atoms with E-state index in [1.54, 1.807) is 0 Å². The van der Waals surface area contributed by atoms with Gasteiger partial charge in [-0.25, -0.2) is 4.98 Å². The number of aryl methyl sites for hydroxylation is 1. The molecule has 0 fully saturated rings. The van der Waals surface area contributed by atoms with Crippen LogP contribution in [0.3, 0.4) is 0 Å². The molecule has 0 aliphatic heterocycles. The SMILES string of the molecule is CCC(N)C=Nc1c(C)nc(F)[nH]c1=O. The fraction of sp³-hybridized carbons (Fsp3) is 0.444. The number of hydrogen-bond donors (Lipinski definition) is 2. The maximum absolute atomic E-state index is 12.6. The molecule has 0 spiro atoms. The monoisotopic (exact) mass is 212 g/mol. The number of halogens is 1. The average Bonchev–Trinajstić information content (AvgIpc) is 2.15. The molecule has 6 heteroatoms. The van der Waals surface area contributed by atoms with E-state index in [0.29, 0.717) is 0 Å². The number of aromatic nitrogens is 2. The summed E-state index contributed by atoms with van der Waals surface area (Å²) < 4.78 is 12.6. The van der Waals surface area contributed by atoms with Gasteiger partial charge in [0.05, 0.1) is 5.69 Å². The predicted molar refractivity (Wildman–Crippen MR) is 56.0 cm³/mol. The van der Waals surface area contributed by atoms with E-state index in [9.17, 15) is 9.18 Å². The van der Waals surface area contributed by atoms with Crippen LogP contribution in [-0.4, -0.2) is 22.2 Å². The highest BCUT2D eigenvalue weighted by atomic mass is 19.1. The van der Waals surface area contributed by atoms with E-state index >= 15 is 0 Å². The standard InChI is InChI=1S/C9H13FN4O/c1-3-6(11)4-12-7-5(2)13-9(10)14-8(7)15/h4,6H,3,11H2,1-2H3,(H,13,14,15). The average molecular weight is 212 g/mol. The Kier molecular flexibility index (Phi) is 3.68. The third-order valence-electron chi connectivity index (χ3n) is 1.91. The van der Waals surface area contributed by atoms with Crippen LogP contribution in [0, 0.1) is 13.0 Å². The third kappa shape index (κ3) is 2.95. The third-order valence-corrected chi connectivity index (χ3v) is 1.91. The van der Waals surface area contributed by atoms with Crippen LogP contribution in [0.4, 0.5) is 10.1 Å². The van der Waals surface area contributed by atoms with Gasteiger partial charge in [-0.15, -0.1) is 0 Å². The number of aromatic amines is 1. The molecule has 15 heavy (non-hydrogen) atoms. The van der Waals surface area contributed by atoms with E-state index in [1.165, 1.54) is 13.1 Å². The first-order chi connectivity index (χ1) is 7.04. The summed E-state index contributed by atoms with van der Waals surface area (Å²) in [5, 5.41) is 0. The highest BCUT2D eigenvalue weighted by molar-refractivity contribution is 5.68. The summed E-state index contributed by atoms with van der Waals surface area (Å²) in [4.78, 5) is 20.6. The van der Waals surface area contributed by atoms with E-state index in [1.807, 2.05) is 11.9 Å². The zero-order valence-electron chi connectivity index (χ0n) is 8.62.